The van der Waals surface area contributed by atoms with Gasteiger partial charge in [-0.25, -0.2) is 0 Å². The third kappa shape index (κ3) is 5.36. The van der Waals surface area contributed by atoms with Crippen molar-refractivity contribution in [1.82, 2.24) is 4.90 Å². The molecule has 1 unspecified atom stereocenters. The smallest absolute Gasteiger partial charge is 0.0615 e. The summed E-state index contributed by atoms with van der Waals surface area (Å²) in [4.78, 5) is 2.36. The van der Waals surface area contributed by atoms with E-state index in [0.717, 1.165) is 39.1 Å². The Morgan fingerprint density at radius 1 is 1.26 bits per heavy atom. The molecule has 5 nitrogen and oxygen atoms in total. The van der Waals surface area contributed by atoms with Crippen LogP contribution in [0.15, 0.2) is 0 Å². The number of nitrogens with zero attached hydrogens (tertiary/aromatic N) is 1. The molecule has 1 N–H and O–H groups in total. The Kier molecular flexibility index (Phi) is 7.87. The highest BCUT2D eigenvalue weighted by Crippen LogP contribution is 2.31. The standard InChI is InChI=1S/C14H29NO4/c1-13(10-18-3)15(6-9-17-2)11-14(12-16)4-7-19-8-5-14/h13,16H,4-12H2,1-3H3. The Morgan fingerprint density at radius 3 is 2.47 bits per heavy atom. The number of ether oxygens (including phenoxy) is 3. The minimum atomic E-state index is -0.0337. The number of aliphatic hydroxyl groups excluding tert-OH is 1. The lowest BCUT2D eigenvalue weighted by Crippen LogP contribution is -2.49. The van der Waals surface area contributed by atoms with E-state index in [1.54, 1.807) is 14.2 Å². The summed E-state index contributed by atoms with van der Waals surface area (Å²) in [7, 11) is 3.44. The summed E-state index contributed by atoms with van der Waals surface area (Å²) in [5.74, 6) is 0. The van der Waals surface area contributed by atoms with Crippen LogP contribution in [0, 0.1) is 5.41 Å². The van der Waals surface area contributed by atoms with Crippen LogP contribution in [0.2, 0.25) is 0 Å². The van der Waals surface area contributed by atoms with Gasteiger partial charge in [-0.1, -0.05) is 0 Å². The van der Waals surface area contributed by atoms with Gasteiger partial charge in [0, 0.05) is 52.0 Å². The third-order valence-corrected chi connectivity index (χ3v) is 4.04. The maximum Gasteiger partial charge on any atom is 0.0615 e. The fraction of sp³-hybridized carbons (Fsp3) is 1.00. The molecule has 0 saturated carbocycles. The van der Waals surface area contributed by atoms with Crippen molar-refractivity contribution >= 4 is 0 Å². The molecule has 5 heteroatoms. The Hall–Kier alpha value is -0.200. The Bertz CT molecular complexity index is 231. The van der Waals surface area contributed by atoms with Gasteiger partial charge in [0.2, 0.25) is 0 Å². The molecule has 114 valence electrons. The van der Waals surface area contributed by atoms with Gasteiger partial charge in [-0.15, -0.1) is 0 Å². The number of methoxy groups -OCH3 is 2. The molecule has 1 heterocycles. The van der Waals surface area contributed by atoms with Crippen LogP contribution in [0.5, 0.6) is 0 Å². The van der Waals surface area contributed by atoms with Gasteiger partial charge in [-0.3, -0.25) is 4.90 Å². The topological polar surface area (TPSA) is 51.2 Å². The van der Waals surface area contributed by atoms with Crippen LogP contribution in [0.25, 0.3) is 0 Å². The van der Waals surface area contributed by atoms with E-state index in [1.165, 1.54) is 0 Å². The van der Waals surface area contributed by atoms with Gasteiger partial charge in [0.1, 0.15) is 0 Å². The lowest BCUT2D eigenvalue weighted by molar-refractivity contribution is -0.0478. The van der Waals surface area contributed by atoms with Crippen molar-refractivity contribution in [3.63, 3.8) is 0 Å². The summed E-state index contributed by atoms with van der Waals surface area (Å²) in [6, 6.07) is 0.325. The van der Waals surface area contributed by atoms with Gasteiger partial charge < -0.3 is 19.3 Å². The van der Waals surface area contributed by atoms with E-state index < -0.39 is 0 Å². The van der Waals surface area contributed by atoms with Gasteiger partial charge >= 0.3 is 0 Å². The zero-order valence-corrected chi connectivity index (χ0v) is 12.6. The Morgan fingerprint density at radius 2 is 1.95 bits per heavy atom. The molecule has 1 atom stereocenters. The van der Waals surface area contributed by atoms with Crippen LogP contribution < -0.4 is 0 Å². The largest absolute Gasteiger partial charge is 0.396 e. The molecule has 0 aromatic rings. The summed E-state index contributed by atoms with van der Waals surface area (Å²) in [5, 5.41) is 9.78. The summed E-state index contributed by atoms with van der Waals surface area (Å²) in [5.41, 5.74) is -0.0337. The van der Waals surface area contributed by atoms with E-state index in [1.807, 2.05) is 0 Å². The first kappa shape index (κ1) is 16.9. The maximum absolute atomic E-state index is 9.78. The van der Waals surface area contributed by atoms with E-state index in [2.05, 4.69) is 11.8 Å². The minimum Gasteiger partial charge on any atom is -0.396 e. The summed E-state index contributed by atoms with van der Waals surface area (Å²) >= 11 is 0. The predicted molar refractivity (Wildman–Crippen MR) is 74.4 cm³/mol. The first-order valence-electron chi connectivity index (χ1n) is 7.08. The monoisotopic (exact) mass is 275 g/mol. The highest BCUT2D eigenvalue weighted by atomic mass is 16.5. The molecular weight excluding hydrogens is 246 g/mol. The molecule has 0 spiro atoms. The number of hydrogen-bond acceptors (Lipinski definition) is 5. The zero-order valence-electron chi connectivity index (χ0n) is 12.6. The van der Waals surface area contributed by atoms with E-state index in [9.17, 15) is 5.11 Å². The Labute approximate surface area is 116 Å². The molecule has 1 saturated heterocycles. The number of rotatable bonds is 9. The lowest BCUT2D eigenvalue weighted by Gasteiger charge is -2.41. The van der Waals surface area contributed by atoms with Gasteiger partial charge in [0.05, 0.1) is 19.8 Å². The molecule has 0 bridgehead atoms. The first-order valence-corrected chi connectivity index (χ1v) is 7.08. The lowest BCUT2D eigenvalue weighted by atomic mass is 9.80. The molecule has 0 aromatic carbocycles. The fourth-order valence-electron chi connectivity index (χ4n) is 2.61. The third-order valence-electron chi connectivity index (χ3n) is 4.04. The molecule has 0 aromatic heterocycles. The normalized spacial score (nSPS) is 20.7. The molecule has 1 rings (SSSR count). The van der Waals surface area contributed by atoms with E-state index in [-0.39, 0.29) is 12.0 Å². The minimum absolute atomic E-state index is 0.0337. The van der Waals surface area contributed by atoms with Crippen LogP contribution in [0.3, 0.4) is 0 Å². The molecule has 19 heavy (non-hydrogen) atoms. The van der Waals surface area contributed by atoms with Crippen molar-refractivity contribution in [3.8, 4) is 0 Å². The molecule has 1 aliphatic heterocycles. The first-order chi connectivity index (χ1) is 9.17. The zero-order chi connectivity index (χ0) is 14.1. The summed E-state index contributed by atoms with van der Waals surface area (Å²) in [6.45, 7) is 7.01. The van der Waals surface area contributed by atoms with Crippen molar-refractivity contribution < 1.29 is 19.3 Å². The fourth-order valence-corrected chi connectivity index (χ4v) is 2.61. The van der Waals surface area contributed by atoms with Gasteiger partial charge in [0.15, 0.2) is 0 Å². The van der Waals surface area contributed by atoms with Crippen LogP contribution in [0.1, 0.15) is 19.8 Å². The summed E-state index contributed by atoms with van der Waals surface area (Å²) < 4.78 is 15.9. The van der Waals surface area contributed by atoms with Crippen LogP contribution in [0.4, 0.5) is 0 Å². The SMILES string of the molecule is COCCN(CC1(CO)CCOCC1)C(C)COC. The van der Waals surface area contributed by atoms with Crippen LogP contribution in [-0.2, 0) is 14.2 Å². The predicted octanol–water partition coefficient (Wildman–Crippen LogP) is 0.759. The van der Waals surface area contributed by atoms with Crippen molar-refractivity contribution in [1.29, 1.82) is 0 Å². The number of aliphatic hydroxyl groups is 1. The average molecular weight is 275 g/mol. The molecule has 0 aliphatic carbocycles. The Balaban J connectivity index is 2.61. The molecule has 1 fully saturated rings. The van der Waals surface area contributed by atoms with Crippen molar-refractivity contribution in [2.45, 2.75) is 25.8 Å². The van der Waals surface area contributed by atoms with Gasteiger partial charge in [0.25, 0.3) is 0 Å². The van der Waals surface area contributed by atoms with Crippen LogP contribution >= 0.6 is 0 Å². The number of hydrogen-bond donors (Lipinski definition) is 1. The van der Waals surface area contributed by atoms with Gasteiger partial charge in [-0.05, 0) is 19.8 Å². The molecule has 1 aliphatic rings. The van der Waals surface area contributed by atoms with E-state index in [4.69, 9.17) is 14.2 Å². The maximum atomic E-state index is 9.78. The highest BCUT2D eigenvalue weighted by molar-refractivity contribution is 4.86. The van der Waals surface area contributed by atoms with E-state index in [0.29, 0.717) is 19.3 Å². The second-order valence-electron chi connectivity index (χ2n) is 5.54. The second-order valence-corrected chi connectivity index (χ2v) is 5.54. The second kappa shape index (κ2) is 8.87. The average Bonchev–Trinajstić information content (AvgIpc) is 2.44. The quantitative estimate of drug-likeness (QED) is 0.673. The molecular formula is C14H29NO4. The van der Waals surface area contributed by atoms with E-state index >= 15 is 0 Å². The van der Waals surface area contributed by atoms with Crippen molar-refractivity contribution in [2.24, 2.45) is 5.41 Å². The summed E-state index contributed by atoms with van der Waals surface area (Å²) in [6.07, 6.45) is 1.85. The molecule has 0 radical (unpaired) electrons. The highest BCUT2D eigenvalue weighted by Gasteiger charge is 2.34. The van der Waals surface area contributed by atoms with Crippen LogP contribution in [-0.4, -0.2) is 76.4 Å². The molecule has 0 amide bonds. The van der Waals surface area contributed by atoms with Gasteiger partial charge in [-0.2, -0.15) is 0 Å². The van der Waals surface area contributed by atoms with Crippen molar-refractivity contribution in [3.05, 3.63) is 0 Å². The van der Waals surface area contributed by atoms with Crippen molar-refractivity contribution in [2.75, 3.05) is 60.3 Å².